The summed E-state index contributed by atoms with van der Waals surface area (Å²) in [5.74, 6) is 0.0431. The van der Waals surface area contributed by atoms with Gasteiger partial charge < -0.3 is 9.88 Å². The van der Waals surface area contributed by atoms with E-state index < -0.39 is 0 Å². The minimum atomic E-state index is -0.152. The summed E-state index contributed by atoms with van der Waals surface area (Å²) in [6, 6.07) is 19.3. The zero-order valence-corrected chi connectivity index (χ0v) is 17.2. The number of nitrogens with zero attached hydrogens (tertiary/aromatic N) is 2. The second-order valence-corrected chi connectivity index (χ2v) is 7.31. The Labute approximate surface area is 176 Å². The van der Waals surface area contributed by atoms with E-state index >= 15 is 0 Å². The zero-order chi connectivity index (χ0) is 19.3. The third-order valence-electron chi connectivity index (χ3n) is 5.44. The Bertz CT molecular complexity index is 1010. The van der Waals surface area contributed by atoms with Crippen molar-refractivity contribution in [3.8, 4) is 0 Å². The van der Waals surface area contributed by atoms with Crippen LogP contribution in [0.4, 0.5) is 0 Å². The summed E-state index contributed by atoms with van der Waals surface area (Å²) >= 11 is 0. The van der Waals surface area contributed by atoms with Crippen molar-refractivity contribution in [2.45, 2.75) is 12.8 Å². The quantitative estimate of drug-likeness (QED) is 0.700. The van der Waals surface area contributed by atoms with E-state index in [9.17, 15) is 9.59 Å². The Hall–Kier alpha value is -2.63. The summed E-state index contributed by atoms with van der Waals surface area (Å²) in [5, 5.41) is 0.803. The number of piperazine rings is 1. The number of benzene rings is 2. The maximum atomic E-state index is 13.0. The molecule has 0 aliphatic carbocycles. The maximum absolute atomic E-state index is 13.0. The molecular weight excluding hydrogens is 386 g/mol. The van der Waals surface area contributed by atoms with Crippen LogP contribution in [-0.2, 0) is 6.42 Å². The number of amides is 1. The number of rotatable bonds is 5. The molecule has 1 aliphatic heterocycles. The SMILES string of the molecule is Cl.O=C(c1cccc2[nH]c(=O)ccc12)N1CCN(CCCc2ccccc2)CC1. The van der Waals surface area contributed by atoms with Crippen LogP contribution in [0.5, 0.6) is 0 Å². The number of halogens is 1. The predicted molar refractivity (Wildman–Crippen MR) is 119 cm³/mol. The highest BCUT2D eigenvalue weighted by Gasteiger charge is 2.23. The number of aromatic amines is 1. The molecule has 29 heavy (non-hydrogen) atoms. The van der Waals surface area contributed by atoms with Crippen molar-refractivity contribution in [2.75, 3.05) is 32.7 Å². The molecule has 152 valence electrons. The molecule has 5 nitrogen and oxygen atoms in total. The normalized spacial score (nSPS) is 14.6. The van der Waals surface area contributed by atoms with Crippen LogP contribution in [0.15, 0.2) is 65.5 Å². The number of hydrogen-bond acceptors (Lipinski definition) is 3. The minimum Gasteiger partial charge on any atom is -0.336 e. The smallest absolute Gasteiger partial charge is 0.254 e. The highest BCUT2D eigenvalue weighted by molar-refractivity contribution is 6.06. The lowest BCUT2D eigenvalue weighted by molar-refractivity contribution is 0.0638. The summed E-state index contributed by atoms with van der Waals surface area (Å²) in [7, 11) is 0. The van der Waals surface area contributed by atoms with Crippen LogP contribution in [-0.4, -0.2) is 53.4 Å². The van der Waals surface area contributed by atoms with Crippen LogP contribution in [0.2, 0.25) is 0 Å². The predicted octanol–water partition coefficient (Wildman–Crippen LogP) is 3.34. The number of pyridine rings is 1. The van der Waals surface area contributed by atoms with Crippen molar-refractivity contribution in [1.82, 2.24) is 14.8 Å². The molecule has 0 unspecified atom stereocenters. The van der Waals surface area contributed by atoms with Gasteiger partial charge in [-0.1, -0.05) is 36.4 Å². The van der Waals surface area contributed by atoms with E-state index in [2.05, 4.69) is 34.1 Å². The van der Waals surface area contributed by atoms with Crippen molar-refractivity contribution in [2.24, 2.45) is 0 Å². The Morgan fingerprint density at radius 2 is 1.66 bits per heavy atom. The molecule has 0 atom stereocenters. The van der Waals surface area contributed by atoms with Crippen molar-refractivity contribution < 1.29 is 4.79 Å². The Morgan fingerprint density at radius 3 is 2.41 bits per heavy atom. The van der Waals surface area contributed by atoms with Gasteiger partial charge in [0.1, 0.15) is 0 Å². The molecular formula is C23H26ClN3O2. The summed E-state index contributed by atoms with van der Waals surface area (Å²) in [5.41, 5.74) is 2.59. The Kier molecular flexibility index (Phi) is 7.07. The van der Waals surface area contributed by atoms with Gasteiger partial charge in [-0.25, -0.2) is 0 Å². The molecule has 0 radical (unpaired) electrons. The fraction of sp³-hybridized carbons (Fsp3) is 0.304. The van der Waals surface area contributed by atoms with Gasteiger partial charge in [0.25, 0.3) is 5.91 Å². The summed E-state index contributed by atoms with van der Waals surface area (Å²) in [4.78, 5) is 31.7. The van der Waals surface area contributed by atoms with E-state index in [4.69, 9.17) is 0 Å². The number of carbonyl (C=O) groups excluding carboxylic acids is 1. The summed E-state index contributed by atoms with van der Waals surface area (Å²) in [6.07, 6.45) is 2.23. The van der Waals surface area contributed by atoms with Crippen molar-refractivity contribution >= 4 is 29.2 Å². The average molecular weight is 412 g/mol. The number of nitrogens with one attached hydrogen (secondary N) is 1. The van der Waals surface area contributed by atoms with Crippen LogP contribution < -0.4 is 5.56 Å². The monoisotopic (exact) mass is 411 g/mol. The molecule has 1 N–H and O–H groups in total. The molecule has 0 saturated carbocycles. The third-order valence-corrected chi connectivity index (χ3v) is 5.44. The van der Waals surface area contributed by atoms with Crippen molar-refractivity contribution in [3.05, 3.63) is 82.1 Å². The van der Waals surface area contributed by atoms with Gasteiger partial charge in [-0.15, -0.1) is 12.4 Å². The van der Waals surface area contributed by atoms with Gasteiger partial charge in [-0.3, -0.25) is 14.5 Å². The Balaban J connectivity index is 0.00000240. The molecule has 3 aromatic rings. The number of carbonyl (C=O) groups is 1. The van der Waals surface area contributed by atoms with Gasteiger partial charge in [-0.05, 0) is 43.1 Å². The van der Waals surface area contributed by atoms with E-state index in [0.717, 1.165) is 51.0 Å². The number of aryl methyl sites for hydroxylation is 1. The second kappa shape index (κ2) is 9.72. The number of aromatic nitrogens is 1. The lowest BCUT2D eigenvalue weighted by Gasteiger charge is -2.35. The average Bonchev–Trinajstić information content (AvgIpc) is 2.74. The molecule has 1 amide bonds. The first-order chi connectivity index (χ1) is 13.7. The van der Waals surface area contributed by atoms with Crippen LogP contribution in [0.3, 0.4) is 0 Å². The standard InChI is InChI=1S/C23H25N3O2.ClH/c27-22-12-11-19-20(9-4-10-21(19)24-22)23(28)26-16-14-25(15-17-26)13-5-8-18-6-2-1-3-7-18;/h1-4,6-7,9-12H,5,8,13-17H2,(H,24,27);1H. The first-order valence-corrected chi connectivity index (χ1v) is 9.88. The first-order valence-electron chi connectivity index (χ1n) is 9.88. The van der Waals surface area contributed by atoms with Gasteiger partial charge in [0, 0.05) is 48.7 Å². The Morgan fingerprint density at radius 1 is 0.897 bits per heavy atom. The van der Waals surface area contributed by atoms with Crippen molar-refractivity contribution in [1.29, 1.82) is 0 Å². The topological polar surface area (TPSA) is 56.4 Å². The van der Waals surface area contributed by atoms with E-state index in [1.54, 1.807) is 6.07 Å². The van der Waals surface area contributed by atoms with E-state index in [0.29, 0.717) is 11.1 Å². The van der Waals surface area contributed by atoms with Gasteiger partial charge in [0.15, 0.2) is 0 Å². The first kappa shape index (κ1) is 21.1. The molecule has 0 bridgehead atoms. The minimum absolute atomic E-state index is 0. The highest BCUT2D eigenvalue weighted by Crippen LogP contribution is 2.18. The molecule has 1 aliphatic rings. The van der Waals surface area contributed by atoms with E-state index in [1.807, 2.05) is 29.2 Å². The third kappa shape index (κ3) is 5.05. The molecule has 2 aromatic carbocycles. The summed E-state index contributed by atoms with van der Waals surface area (Å²) < 4.78 is 0. The van der Waals surface area contributed by atoms with Crippen LogP contribution in [0.1, 0.15) is 22.3 Å². The van der Waals surface area contributed by atoms with Crippen molar-refractivity contribution in [3.63, 3.8) is 0 Å². The lowest BCUT2D eigenvalue weighted by atomic mass is 10.1. The molecule has 6 heteroatoms. The number of fused-ring (bicyclic) bond motifs is 1. The maximum Gasteiger partial charge on any atom is 0.254 e. The largest absolute Gasteiger partial charge is 0.336 e. The molecule has 4 rings (SSSR count). The van der Waals surface area contributed by atoms with Crippen LogP contribution in [0, 0.1) is 0 Å². The van der Waals surface area contributed by atoms with E-state index in [-0.39, 0.29) is 23.9 Å². The van der Waals surface area contributed by atoms with Gasteiger partial charge in [0.2, 0.25) is 5.56 Å². The van der Waals surface area contributed by atoms with Crippen LogP contribution >= 0.6 is 12.4 Å². The molecule has 1 aromatic heterocycles. The molecule has 1 saturated heterocycles. The lowest BCUT2D eigenvalue weighted by Crippen LogP contribution is -2.48. The number of hydrogen-bond donors (Lipinski definition) is 1. The fourth-order valence-electron chi connectivity index (χ4n) is 3.87. The molecule has 2 heterocycles. The summed E-state index contributed by atoms with van der Waals surface area (Å²) in [6.45, 7) is 4.35. The highest BCUT2D eigenvalue weighted by atomic mass is 35.5. The second-order valence-electron chi connectivity index (χ2n) is 7.31. The van der Waals surface area contributed by atoms with Gasteiger partial charge in [-0.2, -0.15) is 0 Å². The fourth-order valence-corrected chi connectivity index (χ4v) is 3.87. The van der Waals surface area contributed by atoms with Gasteiger partial charge in [0.05, 0.1) is 0 Å². The number of H-pyrrole nitrogens is 1. The molecule has 0 spiro atoms. The van der Waals surface area contributed by atoms with Gasteiger partial charge >= 0.3 is 0 Å². The van der Waals surface area contributed by atoms with E-state index in [1.165, 1.54) is 11.6 Å². The molecule has 1 fully saturated rings. The zero-order valence-electron chi connectivity index (χ0n) is 16.3. The van der Waals surface area contributed by atoms with Crippen LogP contribution in [0.25, 0.3) is 10.9 Å².